The number of hydrogen-bond acceptors (Lipinski definition) is 3. The summed E-state index contributed by atoms with van der Waals surface area (Å²) in [6, 6.07) is 0.515. The predicted molar refractivity (Wildman–Crippen MR) is 57.3 cm³/mol. The molecule has 0 spiro atoms. The van der Waals surface area contributed by atoms with Crippen molar-refractivity contribution >= 4 is 0 Å². The summed E-state index contributed by atoms with van der Waals surface area (Å²) in [5, 5.41) is 12.8. The van der Waals surface area contributed by atoms with Crippen molar-refractivity contribution in [3.63, 3.8) is 0 Å². The molecule has 1 aliphatic rings. The molecule has 0 saturated carbocycles. The van der Waals surface area contributed by atoms with Crippen molar-refractivity contribution < 1.29 is 9.84 Å². The second-order valence-corrected chi connectivity index (χ2v) is 4.22. The Morgan fingerprint density at radius 2 is 2.36 bits per heavy atom. The summed E-state index contributed by atoms with van der Waals surface area (Å²) in [5.41, 5.74) is 0. The van der Waals surface area contributed by atoms with E-state index >= 15 is 0 Å². The van der Waals surface area contributed by atoms with E-state index in [2.05, 4.69) is 12.2 Å². The van der Waals surface area contributed by atoms with E-state index in [1.165, 1.54) is 6.42 Å². The second-order valence-electron chi connectivity index (χ2n) is 4.22. The van der Waals surface area contributed by atoms with E-state index in [1.807, 2.05) is 6.92 Å². The van der Waals surface area contributed by atoms with E-state index in [4.69, 9.17) is 4.74 Å². The molecule has 3 unspecified atom stereocenters. The molecule has 0 bridgehead atoms. The third kappa shape index (κ3) is 3.95. The van der Waals surface area contributed by atoms with Crippen LogP contribution in [0.4, 0.5) is 0 Å². The number of nitrogens with one attached hydrogen (secondary N) is 1. The highest BCUT2D eigenvalue weighted by Gasteiger charge is 2.21. The minimum atomic E-state index is -0.144. The third-order valence-corrected chi connectivity index (χ3v) is 3.09. The molecule has 1 saturated heterocycles. The number of aliphatic hydroxyl groups is 1. The average Bonchev–Trinajstić information content (AvgIpc) is 2.70. The topological polar surface area (TPSA) is 41.5 Å². The molecule has 14 heavy (non-hydrogen) atoms. The van der Waals surface area contributed by atoms with Gasteiger partial charge in [0.1, 0.15) is 0 Å². The molecule has 0 aromatic carbocycles. The van der Waals surface area contributed by atoms with Crippen molar-refractivity contribution in [3.05, 3.63) is 0 Å². The van der Waals surface area contributed by atoms with Gasteiger partial charge in [-0.25, -0.2) is 0 Å². The van der Waals surface area contributed by atoms with Crippen LogP contribution in [0.3, 0.4) is 0 Å². The fourth-order valence-electron chi connectivity index (χ4n) is 1.80. The van der Waals surface area contributed by atoms with Crippen LogP contribution in [-0.2, 0) is 4.74 Å². The van der Waals surface area contributed by atoms with Crippen molar-refractivity contribution in [1.82, 2.24) is 5.32 Å². The molecule has 0 aromatic heterocycles. The molecule has 0 radical (unpaired) electrons. The Morgan fingerprint density at radius 1 is 1.57 bits per heavy atom. The first-order valence-electron chi connectivity index (χ1n) is 5.73. The molecule has 84 valence electrons. The van der Waals surface area contributed by atoms with E-state index in [0.717, 1.165) is 32.6 Å². The second kappa shape index (κ2) is 6.38. The van der Waals surface area contributed by atoms with E-state index < -0.39 is 0 Å². The highest BCUT2D eigenvalue weighted by atomic mass is 16.5. The van der Waals surface area contributed by atoms with Crippen LogP contribution in [-0.4, -0.2) is 37.0 Å². The molecule has 3 heteroatoms. The molecule has 1 heterocycles. The molecule has 1 aliphatic heterocycles. The summed E-state index contributed by atoms with van der Waals surface area (Å²) in [5.74, 6) is 0.661. The normalized spacial score (nSPS) is 26.4. The largest absolute Gasteiger partial charge is 0.393 e. The Hall–Kier alpha value is -0.120. The third-order valence-electron chi connectivity index (χ3n) is 3.09. The Balaban J connectivity index is 2.05. The smallest absolute Gasteiger partial charge is 0.0549 e. The van der Waals surface area contributed by atoms with Crippen LogP contribution in [0.2, 0.25) is 0 Å². The lowest BCUT2D eigenvalue weighted by Crippen LogP contribution is -2.35. The maximum Gasteiger partial charge on any atom is 0.0549 e. The Morgan fingerprint density at radius 3 is 2.93 bits per heavy atom. The van der Waals surface area contributed by atoms with Crippen LogP contribution in [0, 0.1) is 5.92 Å². The molecule has 1 fully saturated rings. The summed E-state index contributed by atoms with van der Waals surface area (Å²) < 4.78 is 5.34. The Labute approximate surface area is 86.8 Å². The summed E-state index contributed by atoms with van der Waals surface area (Å²) >= 11 is 0. The molecule has 0 aliphatic carbocycles. The maximum atomic E-state index is 9.37. The quantitative estimate of drug-likeness (QED) is 0.677. The highest BCUT2D eigenvalue weighted by molar-refractivity contribution is 4.75. The lowest BCUT2D eigenvalue weighted by molar-refractivity contribution is 0.154. The van der Waals surface area contributed by atoms with Gasteiger partial charge < -0.3 is 15.2 Å². The number of ether oxygens (including phenoxy) is 1. The van der Waals surface area contributed by atoms with Gasteiger partial charge >= 0.3 is 0 Å². The van der Waals surface area contributed by atoms with Crippen LogP contribution in [0.15, 0.2) is 0 Å². The minimum Gasteiger partial charge on any atom is -0.393 e. The fourth-order valence-corrected chi connectivity index (χ4v) is 1.80. The van der Waals surface area contributed by atoms with Gasteiger partial charge in [-0.15, -0.1) is 0 Å². The zero-order valence-electron chi connectivity index (χ0n) is 9.33. The maximum absolute atomic E-state index is 9.37. The van der Waals surface area contributed by atoms with Crippen LogP contribution >= 0.6 is 0 Å². The Kier molecular flexibility index (Phi) is 5.45. The van der Waals surface area contributed by atoms with Gasteiger partial charge in [-0.05, 0) is 38.6 Å². The van der Waals surface area contributed by atoms with E-state index in [0.29, 0.717) is 12.0 Å². The lowest BCUT2D eigenvalue weighted by atomic mass is 10.0. The van der Waals surface area contributed by atoms with Crippen LogP contribution in [0.5, 0.6) is 0 Å². The zero-order valence-corrected chi connectivity index (χ0v) is 9.33. The zero-order chi connectivity index (χ0) is 10.4. The van der Waals surface area contributed by atoms with Gasteiger partial charge in [0.2, 0.25) is 0 Å². The summed E-state index contributed by atoms with van der Waals surface area (Å²) in [6.07, 6.45) is 2.73. The molecule has 3 atom stereocenters. The highest BCUT2D eigenvalue weighted by Crippen LogP contribution is 2.16. The number of aliphatic hydroxyl groups excluding tert-OH is 1. The molecular weight excluding hydrogens is 178 g/mol. The first-order valence-corrected chi connectivity index (χ1v) is 5.73. The van der Waals surface area contributed by atoms with E-state index in [1.54, 1.807) is 0 Å². The van der Waals surface area contributed by atoms with Gasteiger partial charge in [0.05, 0.1) is 12.7 Å². The summed E-state index contributed by atoms with van der Waals surface area (Å²) in [6.45, 7) is 6.93. The lowest BCUT2D eigenvalue weighted by Gasteiger charge is -2.19. The predicted octanol–water partition coefficient (Wildman–Crippen LogP) is 1.16. The SMILES string of the molecule is CCC(O)CCNC(C)C1CCOC1. The van der Waals surface area contributed by atoms with Crippen LogP contribution < -0.4 is 5.32 Å². The van der Waals surface area contributed by atoms with Crippen molar-refractivity contribution in [1.29, 1.82) is 0 Å². The number of rotatable bonds is 6. The fraction of sp³-hybridized carbons (Fsp3) is 1.00. The van der Waals surface area contributed by atoms with Crippen molar-refractivity contribution in [2.75, 3.05) is 19.8 Å². The molecular formula is C11H23NO2. The first-order chi connectivity index (χ1) is 6.74. The van der Waals surface area contributed by atoms with Gasteiger partial charge in [-0.1, -0.05) is 6.92 Å². The van der Waals surface area contributed by atoms with Crippen molar-refractivity contribution in [3.8, 4) is 0 Å². The van der Waals surface area contributed by atoms with Gasteiger partial charge in [0.25, 0.3) is 0 Å². The van der Waals surface area contributed by atoms with Crippen LogP contribution in [0.25, 0.3) is 0 Å². The van der Waals surface area contributed by atoms with Crippen molar-refractivity contribution in [2.24, 2.45) is 5.92 Å². The summed E-state index contributed by atoms with van der Waals surface area (Å²) in [4.78, 5) is 0. The van der Waals surface area contributed by atoms with Crippen molar-refractivity contribution in [2.45, 2.75) is 45.3 Å². The number of hydrogen-bond donors (Lipinski definition) is 2. The standard InChI is InChI=1S/C11H23NO2/c1-3-11(13)4-6-12-9(2)10-5-7-14-8-10/h9-13H,3-8H2,1-2H3. The molecule has 0 amide bonds. The molecule has 2 N–H and O–H groups in total. The first kappa shape index (κ1) is 12.0. The van der Waals surface area contributed by atoms with E-state index in [9.17, 15) is 5.11 Å². The molecule has 1 rings (SSSR count). The van der Waals surface area contributed by atoms with Gasteiger partial charge in [-0.2, -0.15) is 0 Å². The Bertz CT molecular complexity index is 146. The average molecular weight is 201 g/mol. The minimum absolute atomic E-state index is 0.144. The van der Waals surface area contributed by atoms with Crippen LogP contribution in [0.1, 0.15) is 33.1 Å². The van der Waals surface area contributed by atoms with Gasteiger partial charge in [0, 0.05) is 12.6 Å². The summed E-state index contributed by atoms with van der Waals surface area (Å²) in [7, 11) is 0. The van der Waals surface area contributed by atoms with E-state index in [-0.39, 0.29) is 6.10 Å². The molecule has 0 aromatic rings. The monoisotopic (exact) mass is 201 g/mol. The molecule has 3 nitrogen and oxygen atoms in total. The van der Waals surface area contributed by atoms with Gasteiger partial charge in [0.15, 0.2) is 0 Å². The van der Waals surface area contributed by atoms with Gasteiger partial charge in [-0.3, -0.25) is 0 Å².